The van der Waals surface area contributed by atoms with Crippen molar-refractivity contribution >= 4 is 11.6 Å². The lowest BCUT2D eigenvalue weighted by Gasteiger charge is -2.16. The van der Waals surface area contributed by atoms with E-state index in [0.29, 0.717) is 12.1 Å². The molecule has 0 radical (unpaired) electrons. The van der Waals surface area contributed by atoms with Gasteiger partial charge in [0.15, 0.2) is 12.5 Å². The minimum absolute atomic E-state index is 0.0560. The number of ether oxygens (including phenoxy) is 2. The lowest BCUT2D eigenvalue weighted by molar-refractivity contribution is -0.118. The van der Waals surface area contributed by atoms with Gasteiger partial charge in [-0.1, -0.05) is 84.0 Å². The fourth-order valence-corrected chi connectivity index (χ4v) is 6.54. The monoisotopic (exact) mass is 741 g/mol. The van der Waals surface area contributed by atoms with Crippen LogP contribution in [0.1, 0.15) is 115 Å². The maximum absolute atomic E-state index is 12.5. The second-order valence-corrected chi connectivity index (χ2v) is 13.6. The van der Waals surface area contributed by atoms with Crippen molar-refractivity contribution in [3.63, 3.8) is 0 Å². The Kier molecular flexibility index (Phi) is 18.7. The standard InChI is InChI=1S/C27H43N3O5.C10H12N4O4/c1-2-3-4-5-6-7-8-9-10-11-12-13-14-15-22(32)18-21-16-17-30(27(34)29-21)26-23(19-28)25(33)24(20-31)35-26;11-3-5-8(16)6(4-15)18-9(5)14-2-1-7(12)13-10(14)17/h16-17,23-26,31,33H,2-15,18,20H2,1H3;1-2,5-6,8-9,15-16H,4H2,(H2,12,13,17)/t23-,24+,25-,26+;5-,6+,8-,9+/m00/s1. The van der Waals surface area contributed by atoms with E-state index in [1.165, 1.54) is 82.7 Å². The SMILES string of the molecule is CCCCCCCCCCCCCCCC(=O)Cc1ccn([C@@H]2O[C@H](CO)[C@@H](O)[C@@H]2C#N)c(=O)n1.N#C[C@H]1[C@H](O)[C@@H](CO)O[C@H]1n1ccc(N)nc1=O. The molecule has 0 spiro atoms. The number of aliphatic hydroxyl groups excluding tert-OH is 4. The number of nitriles is 2. The van der Waals surface area contributed by atoms with E-state index in [1.54, 1.807) is 6.07 Å². The summed E-state index contributed by atoms with van der Waals surface area (Å²) in [5, 5.41) is 56.4. The molecule has 2 aromatic rings. The molecule has 2 aromatic heterocycles. The van der Waals surface area contributed by atoms with E-state index in [2.05, 4.69) is 16.9 Å². The third-order valence-electron chi connectivity index (χ3n) is 9.62. The number of nitrogen functional groups attached to an aromatic ring is 1. The summed E-state index contributed by atoms with van der Waals surface area (Å²) in [6.45, 7) is 1.35. The van der Waals surface area contributed by atoms with Gasteiger partial charge in [-0.05, 0) is 18.6 Å². The summed E-state index contributed by atoms with van der Waals surface area (Å²) in [7, 11) is 0. The van der Waals surface area contributed by atoms with Crippen molar-refractivity contribution in [1.29, 1.82) is 10.5 Å². The van der Waals surface area contributed by atoms with Gasteiger partial charge in [-0.3, -0.25) is 13.9 Å². The number of rotatable bonds is 20. The molecule has 16 heteroatoms. The third-order valence-corrected chi connectivity index (χ3v) is 9.62. The van der Waals surface area contributed by atoms with Crippen molar-refractivity contribution in [2.24, 2.45) is 11.8 Å². The van der Waals surface area contributed by atoms with Gasteiger partial charge in [-0.2, -0.15) is 20.5 Å². The van der Waals surface area contributed by atoms with Gasteiger partial charge < -0.3 is 35.6 Å². The molecule has 0 bridgehead atoms. The van der Waals surface area contributed by atoms with Crippen molar-refractivity contribution in [2.45, 2.75) is 140 Å². The zero-order valence-electron chi connectivity index (χ0n) is 30.5. The van der Waals surface area contributed by atoms with E-state index in [9.17, 15) is 35.0 Å². The molecule has 4 heterocycles. The summed E-state index contributed by atoms with van der Waals surface area (Å²) in [6.07, 6.45) is 13.5. The molecule has 6 N–H and O–H groups in total. The summed E-state index contributed by atoms with van der Waals surface area (Å²) >= 11 is 0. The molecule has 0 aliphatic carbocycles. The van der Waals surface area contributed by atoms with Crippen molar-refractivity contribution in [3.05, 3.63) is 51.2 Å². The molecular weight excluding hydrogens is 686 g/mol. The highest BCUT2D eigenvalue weighted by molar-refractivity contribution is 5.80. The summed E-state index contributed by atoms with van der Waals surface area (Å²) in [4.78, 5) is 43.9. The second kappa shape index (κ2) is 22.9. The van der Waals surface area contributed by atoms with Crippen LogP contribution in [-0.4, -0.2) is 82.9 Å². The summed E-state index contributed by atoms with van der Waals surface area (Å²) < 4.78 is 13.0. The predicted molar refractivity (Wildman–Crippen MR) is 193 cm³/mol. The number of ketones is 1. The number of unbranched alkanes of at least 4 members (excludes halogenated alkanes) is 12. The van der Waals surface area contributed by atoms with E-state index in [-0.39, 0.29) is 18.0 Å². The Labute approximate surface area is 309 Å². The highest BCUT2D eigenvalue weighted by atomic mass is 16.5. The first-order valence-electron chi connectivity index (χ1n) is 18.7. The fourth-order valence-electron chi connectivity index (χ4n) is 6.54. The Morgan fingerprint density at radius 2 is 1.19 bits per heavy atom. The third kappa shape index (κ3) is 12.8. The van der Waals surface area contributed by atoms with E-state index in [4.69, 9.17) is 25.6 Å². The van der Waals surface area contributed by atoms with E-state index in [1.807, 2.05) is 12.1 Å². The van der Waals surface area contributed by atoms with Crippen LogP contribution in [0.15, 0.2) is 34.1 Å². The van der Waals surface area contributed by atoms with E-state index in [0.717, 1.165) is 28.4 Å². The molecular formula is C37H55N7O9. The second-order valence-electron chi connectivity index (χ2n) is 13.6. The highest BCUT2D eigenvalue weighted by Gasteiger charge is 2.46. The number of nitrogens with zero attached hydrogens (tertiary/aromatic N) is 6. The number of hydrogen-bond donors (Lipinski definition) is 5. The minimum Gasteiger partial charge on any atom is -0.394 e. The Hall–Kier alpha value is -4.03. The number of nitrogens with two attached hydrogens (primary N) is 1. The smallest absolute Gasteiger partial charge is 0.351 e. The van der Waals surface area contributed by atoms with Crippen LogP contribution >= 0.6 is 0 Å². The molecule has 8 atom stereocenters. The quantitative estimate of drug-likeness (QED) is 0.122. The predicted octanol–water partition coefficient (Wildman–Crippen LogP) is 2.44. The molecule has 0 unspecified atom stereocenters. The van der Waals surface area contributed by atoms with Crippen LogP contribution in [0.2, 0.25) is 0 Å². The molecule has 16 nitrogen and oxygen atoms in total. The van der Waals surface area contributed by atoms with Crippen molar-refractivity contribution in [3.8, 4) is 12.1 Å². The zero-order valence-corrected chi connectivity index (χ0v) is 30.5. The Morgan fingerprint density at radius 3 is 1.60 bits per heavy atom. The Morgan fingerprint density at radius 1 is 0.755 bits per heavy atom. The summed E-state index contributed by atoms with van der Waals surface area (Å²) in [5.74, 6) is -1.83. The van der Waals surface area contributed by atoms with Crippen LogP contribution < -0.4 is 17.1 Å². The molecule has 2 aliphatic heterocycles. The van der Waals surface area contributed by atoms with Crippen molar-refractivity contribution in [1.82, 2.24) is 19.1 Å². The summed E-state index contributed by atoms with van der Waals surface area (Å²) in [6, 6.07) is 6.75. The van der Waals surface area contributed by atoms with E-state index < -0.39 is 73.3 Å². The first-order valence-corrected chi connectivity index (χ1v) is 18.7. The molecule has 53 heavy (non-hydrogen) atoms. The van der Waals surface area contributed by atoms with Crippen LogP contribution in [0, 0.1) is 34.5 Å². The molecule has 292 valence electrons. The number of hydrogen-bond acceptors (Lipinski definition) is 14. The first kappa shape index (κ1) is 43.4. The fraction of sp³-hybridized carbons (Fsp3) is 0.703. The van der Waals surface area contributed by atoms with Crippen LogP contribution in [0.4, 0.5) is 5.82 Å². The average Bonchev–Trinajstić information content (AvgIpc) is 3.64. The van der Waals surface area contributed by atoms with Gasteiger partial charge in [0.2, 0.25) is 0 Å². The van der Waals surface area contributed by atoms with Gasteiger partial charge in [-0.15, -0.1) is 0 Å². The highest BCUT2D eigenvalue weighted by Crippen LogP contribution is 2.34. The largest absolute Gasteiger partial charge is 0.394 e. The van der Waals surface area contributed by atoms with Gasteiger partial charge in [0.05, 0.1) is 31.0 Å². The Balaban J connectivity index is 0.000000350. The Bertz CT molecular complexity index is 1620. The van der Waals surface area contributed by atoms with Crippen molar-refractivity contribution in [2.75, 3.05) is 18.9 Å². The molecule has 2 aliphatic rings. The molecule has 0 aromatic carbocycles. The van der Waals surface area contributed by atoms with Crippen LogP contribution in [0.5, 0.6) is 0 Å². The first-order chi connectivity index (χ1) is 25.6. The maximum Gasteiger partial charge on any atom is 0.351 e. The van der Waals surface area contributed by atoms with Gasteiger partial charge >= 0.3 is 11.4 Å². The zero-order chi connectivity index (χ0) is 38.8. The lowest BCUT2D eigenvalue weighted by atomic mass is 10.0. The van der Waals surface area contributed by atoms with Crippen LogP contribution in [0.25, 0.3) is 0 Å². The van der Waals surface area contributed by atoms with Gasteiger partial charge in [0.25, 0.3) is 0 Å². The van der Waals surface area contributed by atoms with Crippen molar-refractivity contribution < 1.29 is 34.7 Å². The normalized spacial score (nSPS) is 25.0. The molecule has 2 saturated heterocycles. The van der Waals surface area contributed by atoms with Gasteiger partial charge in [0.1, 0.15) is 47.9 Å². The minimum atomic E-state index is -1.19. The lowest BCUT2D eigenvalue weighted by Crippen LogP contribution is -2.32. The molecule has 0 amide bonds. The maximum atomic E-state index is 12.5. The number of carbonyl (C=O) groups excluding carboxylic acids is 1. The molecule has 4 rings (SSSR count). The van der Waals surface area contributed by atoms with Gasteiger partial charge in [-0.25, -0.2) is 9.59 Å². The summed E-state index contributed by atoms with van der Waals surface area (Å²) in [5.41, 5.74) is 4.42. The number of Topliss-reactive ketones (excluding diaryl/α,β-unsaturated/α-hetero) is 1. The topological polar surface area (TPSA) is 260 Å². The molecule has 0 saturated carbocycles. The van der Waals surface area contributed by atoms with Crippen LogP contribution in [-0.2, 0) is 20.7 Å². The number of aromatic nitrogens is 4. The average molecular weight is 742 g/mol. The van der Waals surface area contributed by atoms with Crippen LogP contribution in [0.3, 0.4) is 0 Å². The number of carbonyl (C=O) groups is 1. The molecule has 2 fully saturated rings. The number of aliphatic hydroxyl groups is 4. The van der Waals surface area contributed by atoms with E-state index >= 15 is 0 Å². The number of anilines is 1. The van der Waals surface area contributed by atoms with Gasteiger partial charge in [0, 0.05) is 25.2 Å².